The number of thioether (sulfide) groups is 1. The molecule has 1 amide bonds. The number of aromatic nitrogens is 1. The van der Waals surface area contributed by atoms with Crippen LogP contribution in [0.15, 0.2) is 0 Å². The van der Waals surface area contributed by atoms with Crippen molar-refractivity contribution in [3.05, 3.63) is 15.6 Å². The summed E-state index contributed by atoms with van der Waals surface area (Å²) in [6, 6.07) is -0.0284. The van der Waals surface area contributed by atoms with Crippen molar-refractivity contribution >= 4 is 53.8 Å². The highest BCUT2D eigenvalue weighted by Crippen LogP contribution is 2.17. The third kappa shape index (κ3) is 4.59. The third-order valence-electron chi connectivity index (χ3n) is 2.46. The summed E-state index contributed by atoms with van der Waals surface area (Å²) >= 11 is 3.41. The Kier molecular flexibility index (Phi) is 8.21. The van der Waals surface area contributed by atoms with Crippen LogP contribution in [0.1, 0.15) is 15.6 Å². The molecule has 18 heavy (non-hydrogen) atoms. The molecule has 0 radical (unpaired) electrons. The van der Waals surface area contributed by atoms with Gasteiger partial charge in [0.15, 0.2) is 0 Å². The van der Waals surface area contributed by atoms with Crippen molar-refractivity contribution in [2.45, 2.75) is 26.4 Å². The van der Waals surface area contributed by atoms with E-state index in [4.69, 9.17) is 0 Å². The normalized spacial score (nSPS) is 17.8. The first-order valence-corrected chi connectivity index (χ1v) is 7.15. The molecule has 1 atom stereocenters. The highest BCUT2D eigenvalue weighted by Gasteiger charge is 2.22. The molecular weight excluding hydrogens is 313 g/mol. The Morgan fingerprint density at radius 1 is 1.50 bits per heavy atom. The van der Waals surface area contributed by atoms with Crippen LogP contribution in [0.3, 0.4) is 0 Å². The largest absolute Gasteiger partial charge is 0.350 e. The van der Waals surface area contributed by atoms with E-state index in [0.29, 0.717) is 6.54 Å². The summed E-state index contributed by atoms with van der Waals surface area (Å²) in [6.07, 6.45) is 0. The van der Waals surface area contributed by atoms with Gasteiger partial charge in [-0.3, -0.25) is 10.1 Å². The average Bonchev–Trinajstić information content (AvgIpc) is 2.84. The second-order valence-corrected chi connectivity index (χ2v) is 6.05. The molecule has 1 aliphatic heterocycles. The number of carbonyl (C=O) groups is 1. The predicted octanol–water partition coefficient (Wildman–Crippen LogP) is 1.88. The van der Waals surface area contributed by atoms with Gasteiger partial charge >= 0.3 is 0 Å². The molecule has 0 saturated carbocycles. The Bertz CT molecular complexity index is 394. The van der Waals surface area contributed by atoms with Gasteiger partial charge in [0.05, 0.1) is 23.3 Å². The minimum atomic E-state index is -0.0284. The zero-order valence-electron chi connectivity index (χ0n) is 10.2. The molecular formula is C10H17Cl2N3OS2. The van der Waals surface area contributed by atoms with Gasteiger partial charge in [0, 0.05) is 16.5 Å². The molecule has 1 saturated heterocycles. The molecule has 8 heteroatoms. The van der Waals surface area contributed by atoms with Crippen molar-refractivity contribution in [3.8, 4) is 0 Å². The summed E-state index contributed by atoms with van der Waals surface area (Å²) in [4.78, 5) is 17.2. The number of hydrogen-bond acceptors (Lipinski definition) is 5. The van der Waals surface area contributed by atoms with Crippen molar-refractivity contribution in [1.82, 2.24) is 15.6 Å². The van der Waals surface area contributed by atoms with Gasteiger partial charge in [-0.2, -0.15) is 0 Å². The first kappa shape index (κ1) is 18.0. The molecule has 0 aromatic carbocycles. The molecule has 2 N–H and O–H groups in total. The standard InChI is InChI=1S/C10H15N3OS2.2ClH/c1-6-9(16-7(2)13-6)3-11-10(14)8-4-15-5-12-8;;/h8,12H,3-5H2,1-2H3,(H,11,14);2*1H. The Balaban J connectivity index is 0.00000144. The van der Waals surface area contributed by atoms with Crippen LogP contribution in [-0.4, -0.2) is 28.6 Å². The quantitative estimate of drug-likeness (QED) is 0.889. The summed E-state index contributed by atoms with van der Waals surface area (Å²) in [5.74, 6) is 1.83. The monoisotopic (exact) mass is 329 g/mol. The van der Waals surface area contributed by atoms with Crippen LogP contribution in [0.4, 0.5) is 0 Å². The van der Waals surface area contributed by atoms with Crippen molar-refractivity contribution in [1.29, 1.82) is 0 Å². The van der Waals surface area contributed by atoms with E-state index < -0.39 is 0 Å². The smallest absolute Gasteiger partial charge is 0.238 e. The third-order valence-corrected chi connectivity index (χ3v) is 4.47. The first-order valence-electron chi connectivity index (χ1n) is 5.18. The maximum Gasteiger partial charge on any atom is 0.238 e. The van der Waals surface area contributed by atoms with Gasteiger partial charge in [0.1, 0.15) is 0 Å². The van der Waals surface area contributed by atoms with E-state index in [-0.39, 0.29) is 36.8 Å². The SMILES string of the molecule is Cc1nc(C)c(CNC(=O)C2CSCN2)s1.Cl.Cl. The number of rotatable bonds is 3. The predicted molar refractivity (Wildman–Crippen MR) is 82.2 cm³/mol. The number of nitrogens with one attached hydrogen (secondary N) is 2. The lowest BCUT2D eigenvalue weighted by molar-refractivity contribution is -0.122. The fourth-order valence-electron chi connectivity index (χ4n) is 1.59. The second-order valence-electron chi connectivity index (χ2n) is 3.73. The Labute approximate surface area is 128 Å². The van der Waals surface area contributed by atoms with Crippen LogP contribution in [0, 0.1) is 13.8 Å². The first-order chi connectivity index (χ1) is 7.66. The van der Waals surface area contributed by atoms with Crippen molar-refractivity contribution in [2.24, 2.45) is 0 Å². The number of thiazole rings is 1. The number of amides is 1. The molecule has 0 bridgehead atoms. The lowest BCUT2D eigenvalue weighted by atomic mass is 10.3. The topological polar surface area (TPSA) is 54.0 Å². The number of carbonyl (C=O) groups excluding carboxylic acids is 1. The molecule has 1 aromatic heterocycles. The zero-order valence-corrected chi connectivity index (χ0v) is 13.5. The van der Waals surface area contributed by atoms with Gasteiger partial charge in [-0.15, -0.1) is 47.9 Å². The summed E-state index contributed by atoms with van der Waals surface area (Å²) in [7, 11) is 0. The summed E-state index contributed by atoms with van der Waals surface area (Å²) < 4.78 is 0. The minimum Gasteiger partial charge on any atom is -0.350 e. The van der Waals surface area contributed by atoms with Crippen LogP contribution in [0.25, 0.3) is 0 Å². The number of nitrogens with zero attached hydrogens (tertiary/aromatic N) is 1. The molecule has 1 aliphatic rings. The van der Waals surface area contributed by atoms with Crippen LogP contribution in [0.2, 0.25) is 0 Å². The van der Waals surface area contributed by atoms with Gasteiger partial charge in [-0.05, 0) is 13.8 Å². The van der Waals surface area contributed by atoms with E-state index in [2.05, 4.69) is 15.6 Å². The maximum atomic E-state index is 11.7. The number of halogens is 2. The van der Waals surface area contributed by atoms with E-state index in [0.717, 1.165) is 27.2 Å². The second kappa shape index (κ2) is 8.22. The van der Waals surface area contributed by atoms with E-state index in [1.165, 1.54) is 0 Å². The van der Waals surface area contributed by atoms with E-state index in [1.807, 2.05) is 13.8 Å². The molecule has 0 spiro atoms. The van der Waals surface area contributed by atoms with E-state index in [1.54, 1.807) is 23.1 Å². The molecule has 2 heterocycles. The number of hydrogen-bond donors (Lipinski definition) is 2. The maximum absolute atomic E-state index is 11.7. The summed E-state index contributed by atoms with van der Waals surface area (Å²) in [6.45, 7) is 4.56. The highest BCUT2D eigenvalue weighted by molar-refractivity contribution is 7.99. The van der Waals surface area contributed by atoms with Gasteiger partial charge in [0.2, 0.25) is 5.91 Å². The van der Waals surface area contributed by atoms with Crippen molar-refractivity contribution in [3.63, 3.8) is 0 Å². The average molecular weight is 330 g/mol. The van der Waals surface area contributed by atoms with Crippen LogP contribution in [-0.2, 0) is 11.3 Å². The van der Waals surface area contributed by atoms with Gasteiger partial charge < -0.3 is 5.32 Å². The van der Waals surface area contributed by atoms with Gasteiger partial charge in [-0.25, -0.2) is 4.98 Å². The molecule has 0 aliphatic carbocycles. The molecule has 1 aromatic rings. The molecule has 1 fully saturated rings. The highest BCUT2D eigenvalue weighted by atomic mass is 35.5. The molecule has 1 unspecified atom stereocenters. The summed E-state index contributed by atoms with van der Waals surface area (Å²) in [5, 5.41) is 7.15. The lowest BCUT2D eigenvalue weighted by Gasteiger charge is -2.09. The van der Waals surface area contributed by atoms with Crippen molar-refractivity contribution < 1.29 is 4.79 Å². The van der Waals surface area contributed by atoms with Gasteiger partial charge in [-0.1, -0.05) is 0 Å². The van der Waals surface area contributed by atoms with Crippen LogP contribution in [0.5, 0.6) is 0 Å². The minimum absolute atomic E-state index is 0. The van der Waals surface area contributed by atoms with E-state index in [9.17, 15) is 4.79 Å². The Morgan fingerprint density at radius 3 is 2.72 bits per heavy atom. The fourth-order valence-corrected chi connectivity index (χ4v) is 3.41. The van der Waals surface area contributed by atoms with Crippen LogP contribution >= 0.6 is 47.9 Å². The molecule has 4 nitrogen and oxygen atoms in total. The lowest BCUT2D eigenvalue weighted by Crippen LogP contribution is -2.41. The van der Waals surface area contributed by atoms with Crippen LogP contribution < -0.4 is 10.6 Å². The van der Waals surface area contributed by atoms with E-state index >= 15 is 0 Å². The summed E-state index contributed by atoms with van der Waals surface area (Å²) in [5.41, 5.74) is 1.02. The zero-order chi connectivity index (χ0) is 11.5. The Morgan fingerprint density at radius 2 is 2.22 bits per heavy atom. The molecule has 2 rings (SSSR count). The fraction of sp³-hybridized carbons (Fsp3) is 0.600. The van der Waals surface area contributed by atoms with Crippen molar-refractivity contribution in [2.75, 3.05) is 11.6 Å². The number of aryl methyl sites for hydroxylation is 2. The molecule has 104 valence electrons. The van der Waals surface area contributed by atoms with Gasteiger partial charge in [0.25, 0.3) is 0 Å². The Hall–Kier alpha value is -0.0100.